The topological polar surface area (TPSA) is 54.0 Å². The number of rotatable bonds is 10. The van der Waals surface area contributed by atoms with Crippen molar-refractivity contribution in [3.05, 3.63) is 0 Å². The van der Waals surface area contributed by atoms with Crippen molar-refractivity contribution in [3.63, 3.8) is 0 Å². The standard InChI is InChI=1S/C11H26N2O3/c1-10(9-16-4)13(5-6-15-3)8-11(14)7-12-2/h10-12,14H,5-9H2,1-4H3. The van der Waals surface area contributed by atoms with Crippen LogP contribution in [-0.4, -0.2) is 76.3 Å². The van der Waals surface area contributed by atoms with Crippen LogP contribution in [0.5, 0.6) is 0 Å². The molecule has 0 bridgehead atoms. The van der Waals surface area contributed by atoms with Crippen LogP contribution < -0.4 is 5.32 Å². The number of ether oxygens (including phenoxy) is 2. The molecule has 2 atom stereocenters. The van der Waals surface area contributed by atoms with Crippen molar-refractivity contribution in [2.75, 3.05) is 54.1 Å². The molecule has 2 unspecified atom stereocenters. The maximum Gasteiger partial charge on any atom is 0.0791 e. The lowest BCUT2D eigenvalue weighted by Gasteiger charge is -2.30. The Balaban J connectivity index is 4.07. The fraction of sp³-hybridized carbons (Fsp3) is 1.00. The van der Waals surface area contributed by atoms with E-state index >= 15 is 0 Å². The number of nitrogens with one attached hydrogen (secondary N) is 1. The molecule has 0 saturated carbocycles. The smallest absolute Gasteiger partial charge is 0.0791 e. The fourth-order valence-electron chi connectivity index (χ4n) is 1.62. The summed E-state index contributed by atoms with van der Waals surface area (Å²) < 4.78 is 10.2. The van der Waals surface area contributed by atoms with Gasteiger partial charge in [0.05, 0.1) is 19.3 Å². The summed E-state index contributed by atoms with van der Waals surface area (Å²) in [6.07, 6.45) is -0.360. The summed E-state index contributed by atoms with van der Waals surface area (Å²) in [5, 5.41) is 12.7. The average molecular weight is 234 g/mol. The van der Waals surface area contributed by atoms with Gasteiger partial charge in [0.15, 0.2) is 0 Å². The van der Waals surface area contributed by atoms with E-state index < -0.39 is 0 Å². The lowest BCUT2D eigenvalue weighted by molar-refractivity contribution is 0.0397. The SMILES string of the molecule is CNCC(O)CN(CCOC)C(C)COC. The summed E-state index contributed by atoms with van der Waals surface area (Å²) in [6, 6.07) is 0.284. The van der Waals surface area contributed by atoms with Crippen LogP contribution in [0.3, 0.4) is 0 Å². The lowest BCUT2D eigenvalue weighted by atomic mass is 10.2. The first kappa shape index (κ1) is 15.8. The van der Waals surface area contributed by atoms with Gasteiger partial charge in [-0.15, -0.1) is 0 Å². The van der Waals surface area contributed by atoms with Gasteiger partial charge in [-0.1, -0.05) is 0 Å². The van der Waals surface area contributed by atoms with E-state index in [0.29, 0.717) is 26.3 Å². The normalized spacial score (nSPS) is 15.4. The highest BCUT2D eigenvalue weighted by atomic mass is 16.5. The first-order valence-corrected chi connectivity index (χ1v) is 5.70. The zero-order valence-corrected chi connectivity index (χ0v) is 10.9. The van der Waals surface area contributed by atoms with Gasteiger partial charge in [-0.25, -0.2) is 0 Å². The van der Waals surface area contributed by atoms with E-state index in [1.165, 1.54) is 0 Å². The minimum atomic E-state index is -0.360. The molecule has 2 N–H and O–H groups in total. The van der Waals surface area contributed by atoms with E-state index in [0.717, 1.165) is 6.54 Å². The third-order valence-electron chi connectivity index (χ3n) is 2.50. The van der Waals surface area contributed by atoms with E-state index in [1.54, 1.807) is 14.2 Å². The van der Waals surface area contributed by atoms with Gasteiger partial charge in [-0.05, 0) is 14.0 Å². The molecule has 0 heterocycles. The minimum Gasteiger partial charge on any atom is -0.390 e. The minimum absolute atomic E-state index is 0.284. The number of methoxy groups -OCH3 is 2. The first-order valence-electron chi connectivity index (χ1n) is 5.70. The molecule has 0 radical (unpaired) electrons. The number of nitrogens with zero attached hydrogens (tertiary/aromatic N) is 1. The van der Waals surface area contributed by atoms with Crippen LogP contribution >= 0.6 is 0 Å². The summed E-state index contributed by atoms with van der Waals surface area (Å²) >= 11 is 0. The highest BCUT2D eigenvalue weighted by molar-refractivity contribution is 4.71. The molecule has 0 aliphatic heterocycles. The summed E-state index contributed by atoms with van der Waals surface area (Å²) in [4.78, 5) is 2.18. The maximum absolute atomic E-state index is 9.75. The molecular weight excluding hydrogens is 208 g/mol. The zero-order valence-electron chi connectivity index (χ0n) is 10.9. The molecule has 0 aliphatic rings. The van der Waals surface area contributed by atoms with Crippen molar-refractivity contribution in [1.29, 1.82) is 0 Å². The number of aliphatic hydroxyl groups is 1. The number of hydrogen-bond acceptors (Lipinski definition) is 5. The van der Waals surface area contributed by atoms with Crippen LogP contribution in [0.15, 0.2) is 0 Å². The zero-order chi connectivity index (χ0) is 12.4. The Bertz CT molecular complexity index is 158. The van der Waals surface area contributed by atoms with Gasteiger partial charge in [0, 0.05) is 39.9 Å². The molecule has 0 rings (SSSR count). The van der Waals surface area contributed by atoms with E-state index in [4.69, 9.17) is 9.47 Å². The van der Waals surface area contributed by atoms with E-state index in [9.17, 15) is 5.11 Å². The molecule has 5 nitrogen and oxygen atoms in total. The number of likely N-dealkylation sites (N-methyl/N-ethyl adjacent to an activating group) is 1. The van der Waals surface area contributed by atoms with Crippen molar-refractivity contribution >= 4 is 0 Å². The molecule has 0 amide bonds. The van der Waals surface area contributed by atoms with Crippen LogP contribution in [0.1, 0.15) is 6.92 Å². The van der Waals surface area contributed by atoms with Gasteiger partial charge in [0.25, 0.3) is 0 Å². The van der Waals surface area contributed by atoms with Crippen molar-refractivity contribution < 1.29 is 14.6 Å². The second kappa shape index (κ2) is 9.99. The Morgan fingerprint density at radius 3 is 2.50 bits per heavy atom. The van der Waals surface area contributed by atoms with E-state index in [-0.39, 0.29) is 12.1 Å². The molecular formula is C11H26N2O3. The van der Waals surface area contributed by atoms with Gasteiger partial charge in [-0.2, -0.15) is 0 Å². The summed E-state index contributed by atoms with van der Waals surface area (Å²) in [7, 11) is 5.21. The van der Waals surface area contributed by atoms with Gasteiger partial charge < -0.3 is 19.9 Å². The quantitative estimate of drug-likeness (QED) is 0.536. The van der Waals surface area contributed by atoms with Crippen LogP contribution in [-0.2, 0) is 9.47 Å². The number of hydrogen-bond donors (Lipinski definition) is 2. The Hall–Kier alpha value is -0.200. The van der Waals surface area contributed by atoms with Crippen molar-refractivity contribution in [2.45, 2.75) is 19.1 Å². The predicted molar refractivity (Wildman–Crippen MR) is 64.7 cm³/mol. The van der Waals surface area contributed by atoms with E-state index in [1.807, 2.05) is 7.05 Å². The maximum atomic E-state index is 9.75. The van der Waals surface area contributed by atoms with Gasteiger partial charge >= 0.3 is 0 Å². The first-order chi connectivity index (χ1) is 7.65. The Labute approximate surface area is 98.7 Å². The highest BCUT2D eigenvalue weighted by Crippen LogP contribution is 2.01. The monoisotopic (exact) mass is 234 g/mol. The van der Waals surface area contributed by atoms with Crippen molar-refractivity contribution in [3.8, 4) is 0 Å². The highest BCUT2D eigenvalue weighted by Gasteiger charge is 2.16. The predicted octanol–water partition coefficient (Wildman–Crippen LogP) is -0.450. The lowest BCUT2D eigenvalue weighted by Crippen LogP contribution is -2.45. The van der Waals surface area contributed by atoms with Crippen LogP contribution in [0, 0.1) is 0 Å². The van der Waals surface area contributed by atoms with Crippen molar-refractivity contribution in [2.24, 2.45) is 0 Å². The third kappa shape index (κ3) is 7.14. The van der Waals surface area contributed by atoms with E-state index in [2.05, 4.69) is 17.1 Å². The molecule has 0 aromatic rings. The van der Waals surface area contributed by atoms with Crippen LogP contribution in [0.25, 0.3) is 0 Å². The van der Waals surface area contributed by atoms with Gasteiger partial charge in [-0.3, -0.25) is 4.90 Å². The molecule has 0 aromatic carbocycles. The second-order valence-corrected chi connectivity index (χ2v) is 4.00. The Morgan fingerprint density at radius 2 is 2.00 bits per heavy atom. The average Bonchev–Trinajstić information content (AvgIpc) is 2.24. The molecule has 0 fully saturated rings. The molecule has 0 spiro atoms. The number of aliphatic hydroxyl groups excluding tert-OH is 1. The Morgan fingerprint density at radius 1 is 1.31 bits per heavy atom. The molecule has 98 valence electrons. The summed E-state index contributed by atoms with van der Waals surface area (Å²) in [5.74, 6) is 0. The van der Waals surface area contributed by atoms with Crippen LogP contribution in [0.4, 0.5) is 0 Å². The van der Waals surface area contributed by atoms with Crippen LogP contribution in [0.2, 0.25) is 0 Å². The fourth-order valence-corrected chi connectivity index (χ4v) is 1.62. The summed E-state index contributed by atoms with van der Waals surface area (Å²) in [6.45, 7) is 5.46. The van der Waals surface area contributed by atoms with Gasteiger partial charge in [0.1, 0.15) is 0 Å². The molecule has 5 heteroatoms. The largest absolute Gasteiger partial charge is 0.390 e. The summed E-state index contributed by atoms with van der Waals surface area (Å²) in [5.41, 5.74) is 0. The molecule has 0 aliphatic carbocycles. The molecule has 0 aromatic heterocycles. The molecule has 0 saturated heterocycles. The molecule has 16 heavy (non-hydrogen) atoms. The second-order valence-electron chi connectivity index (χ2n) is 4.00. The third-order valence-corrected chi connectivity index (χ3v) is 2.50. The van der Waals surface area contributed by atoms with Gasteiger partial charge in [0.2, 0.25) is 0 Å². The van der Waals surface area contributed by atoms with Crippen molar-refractivity contribution in [1.82, 2.24) is 10.2 Å². The Kier molecular flexibility index (Phi) is 9.86.